The second kappa shape index (κ2) is 7.20. The van der Waals surface area contributed by atoms with E-state index in [1.165, 1.54) is 12.1 Å². The average molecular weight is 325 g/mol. The third-order valence-electron chi connectivity index (χ3n) is 3.22. The zero-order valence-corrected chi connectivity index (χ0v) is 13.0. The molecule has 0 heterocycles. The largest absolute Gasteiger partial charge is 0.416 e. The van der Waals surface area contributed by atoms with Crippen molar-refractivity contribution in [2.24, 2.45) is 5.73 Å². The summed E-state index contributed by atoms with van der Waals surface area (Å²) >= 11 is 1.54. The number of halogens is 3. The van der Waals surface area contributed by atoms with E-state index >= 15 is 0 Å². The van der Waals surface area contributed by atoms with E-state index in [4.69, 9.17) is 5.73 Å². The molecule has 0 saturated heterocycles. The highest BCUT2D eigenvalue weighted by Gasteiger charge is 2.30. The first kappa shape index (κ1) is 16.9. The van der Waals surface area contributed by atoms with Crippen molar-refractivity contribution in [3.8, 4) is 0 Å². The molecule has 118 valence electrons. The lowest BCUT2D eigenvalue weighted by Crippen LogP contribution is -2.17. The predicted octanol–water partition coefficient (Wildman–Crippen LogP) is 5.28. The molecule has 0 spiro atoms. The third kappa shape index (κ3) is 4.78. The summed E-state index contributed by atoms with van der Waals surface area (Å²) in [5, 5.41) is 0.123. The lowest BCUT2D eigenvalue weighted by Gasteiger charge is -2.19. The summed E-state index contributed by atoms with van der Waals surface area (Å²) in [7, 11) is 0. The van der Waals surface area contributed by atoms with E-state index in [-0.39, 0.29) is 11.3 Å². The highest BCUT2D eigenvalue weighted by Crippen LogP contribution is 2.39. The van der Waals surface area contributed by atoms with Gasteiger partial charge in [-0.25, -0.2) is 0 Å². The summed E-state index contributed by atoms with van der Waals surface area (Å²) < 4.78 is 37.8. The molecule has 2 N–H and O–H groups in total. The van der Waals surface area contributed by atoms with Crippen LogP contribution in [0.2, 0.25) is 0 Å². The van der Waals surface area contributed by atoms with Gasteiger partial charge in [0.05, 0.1) is 5.56 Å². The molecular formula is C17H18F3NS. The Bertz CT molecular complexity index is 579. The van der Waals surface area contributed by atoms with Gasteiger partial charge in [0.25, 0.3) is 0 Å². The Kier molecular flexibility index (Phi) is 5.53. The second-order valence-corrected chi connectivity index (χ2v) is 6.53. The lowest BCUT2D eigenvalue weighted by molar-refractivity contribution is -0.137. The van der Waals surface area contributed by atoms with E-state index in [2.05, 4.69) is 0 Å². The first-order valence-corrected chi connectivity index (χ1v) is 7.88. The Morgan fingerprint density at radius 3 is 2.09 bits per heavy atom. The van der Waals surface area contributed by atoms with Gasteiger partial charge in [-0.1, -0.05) is 30.3 Å². The minimum atomic E-state index is -4.30. The Hall–Kier alpha value is -1.46. The minimum absolute atomic E-state index is 0.0205. The molecule has 2 aromatic carbocycles. The number of benzene rings is 2. The molecule has 0 aliphatic carbocycles. The van der Waals surface area contributed by atoms with E-state index in [1.54, 1.807) is 11.8 Å². The Morgan fingerprint density at radius 1 is 1.00 bits per heavy atom. The highest BCUT2D eigenvalue weighted by molar-refractivity contribution is 7.99. The fourth-order valence-electron chi connectivity index (χ4n) is 2.14. The minimum Gasteiger partial charge on any atom is -0.328 e. The Labute approximate surface area is 132 Å². The summed E-state index contributed by atoms with van der Waals surface area (Å²) in [5.41, 5.74) is 6.41. The van der Waals surface area contributed by atoms with Crippen LogP contribution in [-0.4, -0.2) is 6.04 Å². The van der Waals surface area contributed by atoms with Gasteiger partial charge in [-0.05, 0) is 43.2 Å². The lowest BCUT2D eigenvalue weighted by atomic mass is 10.1. The zero-order valence-electron chi connectivity index (χ0n) is 12.2. The topological polar surface area (TPSA) is 26.0 Å². The van der Waals surface area contributed by atoms with Gasteiger partial charge >= 0.3 is 6.18 Å². The maximum atomic E-state index is 12.6. The van der Waals surface area contributed by atoms with E-state index in [0.717, 1.165) is 29.0 Å². The van der Waals surface area contributed by atoms with Gasteiger partial charge < -0.3 is 5.73 Å². The van der Waals surface area contributed by atoms with Gasteiger partial charge in [0, 0.05) is 16.2 Å². The van der Waals surface area contributed by atoms with Crippen molar-refractivity contribution < 1.29 is 13.2 Å². The van der Waals surface area contributed by atoms with Crippen molar-refractivity contribution in [1.29, 1.82) is 0 Å². The molecule has 0 radical (unpaired) electrons. The standard InChI is InChI=1S/C17H18F3NS/c1-12(21)11-16(13-5-3-2-4-6-13)22-15-9-7-14(8-10-15)17(18,19)20/h2-10,12,16H,11,21H2,1H3. The van der Waals surface area contributed by atoms with Crippen LogP contribution in [0.1, 0.15) is 29.7 Å². The van der Waals surface area contributed by atoms with Crippen molar-refractivity contribution in [3.05, 3.63) is 65.7 Å². The Balaban J connectivity index is 2.17. The van der Waals surface area contributed by atoms with Crippen LogP contribution < -0.4 is 5.73 Å². The maximum absolute atomic E-state index is 12.6. The van der Waals surface area contributed by atoms with Gasteiger partial charge in [0.15, 0.2) is 0 Å². The highest BCUT2D eigenvalue weighted by atomic mass is 32.2. The molecule has 0 saturated carbocycles. The van der Waals surface area contributed by atoms with Crippen molar-refractivity contribution >= 4 is 11.8 Å². The van der Waals surface area contributed by atoms with E-state index in [9.17, 15) is 13.2 Å². The molecule has 0 aromatic heterocycles. The second-order valence-electron chi connectivity index (χ2n) is 5.25. The molecule has 2 aromatic rings. The molecule has 0 aliphatic rings. The number of nitrogens with two attached hydrogens (primary N) is 1. The molecule has 0 aliphatic heterocycles. The van der Waals surface area contributed by atoms with Gasteiger partial charge in [0.1, 0.15) is 0 Å². The molecule has 5 heteroatoms. The van der Waals surface area contributed by atoms with Gasteiger partial charge in [-0.2, -0.15) is 13.2 Å². The average Bonchev–Trinajstić information content (AvgIpc) is 2.47. The van der Waals surface area contributed by atoms with Crippen LogP contribution in [0.25, 0.3) is 0 Å². The van der Waals surface area contributed by atoms with E-state index in [1.807, 2.05) is 37.3 Å². The van der Waals surface area contributed by atoms with Crippen LogP contribution in [0.5, 0.6) is 0 Å². The predicted molar refractivity (Wildman–Crippen MR) is 84.8 cm³/mol. The van der Waals surface area contributed by atoms with Crippen molar-refractivity contribution in [3.63, 3.8) is 0 Å². The Morgan fingerprint density at radius 2 is 1.59 bits per heavy atom. The number of rotatable bonds is 5. The smallest absolute Gasteiger partial charge is 0.328 e. The van der Waals surface area contributed by atoms with Crippen LogP contribution in [-0.2, 0) is 6.18 Å². The summed E-state index contributed by atoms with van der Waals surface area (Å²) in [6.45, 7) is 1.93. The quantitative estimate of drug-likeness (QED) is 0.757. The molecule has 0 fully saturated rings. The molecule has 0 amide bonds. The number of hydrogen-bond acceptors (Lipinski definition) is 2. The zero-order chi connectivity index (χ0) is 16.2. The summed E-state index contributed by atoms with van der Waals surface area (Å²) in [6, 6.07) is 15.2. The summed E-state index contributed by atoms with van der Waals surface area (Å²) in [4.78, 5) is 0.808. The summed E-state index contributed by atoms with van der Waals surface area (Å²) in [5.74, 6) is 0. The molecule has 0 bridgehead atoms. The third-order valence-corrected chi connectivity index (χ3v) is 4.51. The van der Waals surface area contributed by atoms with Crippen LogP contribution in [0.3, 0.4) is 0 Å². The molecule has 2 unspecified atom stereocenters. The van der Waals surface area contributed by atoms with Crippen molar-refractivity contribution in [2.75, 3.05) is 0 Å². The first-order valence-electron chi connectivity index (χ1n) is 7.00. The van der Waals surface area contributed by atoms with E-state index < -0.39 is 11.7 Å². The maximum Gasteiger partial charge on any atom is 0.416 e. The van der Waals surface area contributed by atoms with Crippen LogP contribution in [0, 0.1) is 0 Å². The normalized spacial score (nSPS) is 14.6. The van der Waals surface area contributed by atoms with Crippen LogP contribution >= 0.6 is 11.8 Å². The molecular weight excluding hydrogens is 307 g/mol. The van der Waals surface area contributed by atoms with E-state index in [0.29, 0.717) is 0 Å². The molecule has 2 rings (SSSR count). The van der Waals surface area contributed by atoms with Crippen LogP contribution in [0.4, 0.5) is 13.2 Å². The summed E-state index contributed by atoms with van der Waals surface area (Å²) in [6.07, 6.45) is -3.54. The SMILES string of the molecule is CC(N)CC(Sc1ccc(C(F)(F)F)cc1)c1ccccc1. The van der Waals surface area contributed by atoms with Crippen molar-refractivity contribution in [1.82, 2.24) is 0 Å². The first-order chi connectivity index (χ1) is 10.4. The number of hydrogen-bond donors (Lipinski definition) is 1. The molecule has 1 nitrogen and oxygen atoms in total. The van der Waals surface area contributed by atoms with Crippen molar-refractivity contribution in [2.45, 2.75) is 35.7 Å². The monoisotopic (exact) mass is 325 g/mol. The van der Waals surface area contributed by atoms with Gasteiger partial charge in [-0.15, -0.1) is 11.8 Å². The molecule has 2 atom stereocenters. The number of alkyl halides is 3. The van der Waals surface area contributed by atoms with Gasteiger partial charge in [-0.3, -0.25) is 0 Å². The molecule has 22 heavy (non-hydrogen) atoms. The fourth-order valence-corrected chi connectivity index (χ4v) is 3.46. The van der Waals surface area contributed by atoms with Crippen LogP contribution in [0.15, 0.2) is 59.5 Å². The number of thioether (sulfide) groups is 1. The van der Waals surface area contributed by atoms with Gasteiger partial charge in [0.2, 0.25) is 0 Å². The fraction of sp³-hybridized carbons (Fsp3) is 0.294.